The molecule has 0 spiro atoms. The third-order valence-electron chi connectivity index (χ3n) is 4.46. The van der Waals surface area contributed by atoms with Gasteiger partial charge in [-0.2, -0.15) is 4.98 Å². The Balaban J connectivity index is 1.77. The Bertz CT molecular complexity index is 978. The van der Waals surface area contributed by atoms with E-state index in [1.165, 1.54) is 6.07 Å². The van der Waals surface area contributed by atoms with Crippen molar-refractivity contribution < 1.29 is 4.92 Å². The summed E-state index contributed by atoms with van der Waals surface area (Å²) in [6.07, 6.45) is 0.975. The zero-order valence-corrected chi connectivity index (χ0v) is 17.2. The smallest absolute Gasteiger partial charge is 0.269 e. The fraction of sp³-hybridized carbons (Fsp3) is 0.273. The van der Waals surface area contributed by atoms with Crippen LogP contribution in [0.2, 0.25) is 0 Å². The molecule has 0 aliphatic rings. The van der Waals surface area contributed by atoms with Crippen LogP contribution < -0.4 is 10.6 Å². The van der Waals surface area contributed by atoms with Crippen LogP contribution in [0, 0.1) is 10.1 Å². The van der Waals surface area contributed by atoms with E-state index >= 15 is 0 Å². The fourth-order valence-corrected chi connectivity index (χ4v) is 2.94. The number of nitro benzene ring substituents is 1. The van der Waals surface area contributed by atoms with Gasteiger partial charge in [-0.15, -0.1) is 0 Å². The summed E-state index contributed by atoms with van der Waals surface area (Å²) in [6, 6.07) is 18.4. The van der Waals surface area contributed by atoms with Crippen LogP contribution in [0.15, 0.2) is 60.7 Å². The maximum Gasteiger partial charge on any atom is 0.269 e. The minimum absolute atomic E-state index is 0.0743. The van der Waals surface area contributed by atoms with Crippen LogP contribution in [-0.4, -0.2) is 47.0 Å². The Kier molecular flexibility index (Phi) is 7.29. The summed E-state index contributed by atoms with van der Waals surface area (Å²) in [5, 5.41) is 17.6. The van der Waals surface area contributed by atoms with Crippen molar-refractivity contribution in [3.05, 3.63) is 76.3 Å². The molecule has 0 amide bonds. The average molecular weight is 406 g/mol. The fourth-order valence-electron chi connectivity index (χ4n) is 2.94. The summed E-state index contributed by atoms with van der Waals surface area (Å²) in [7, 11) is 4.09. The molecule has 0 bridgehead atoms. The summed E-state index contributed by atoms with van der Waals surface area (Å²) in [4.78, 5) is 22.0. The van der Waals surface area contributed by atoms with Crippen LogP contribution in [0.3, 0.4) is 0 Å². The molecule has 8 nitrogen and oxygen atoms in total. The molecule has 8 heteroatoms. The van der Waals surface area contributed by atoms with Gasteiger partial charge in [-0.1, -0.05) is 42.5 Å². The highest BCUT2D eigenvalue weighted by Gasteiger charge is 2.09. The van der Waals surface area contributed by atoms with Gasteiger partial charge in [-0.25, -0.2) is 4.98 Å². The zero-order valence-electron chi connectivity index (χ0n) is 17.2. The largest absolute Gasteiger partial charge is 0.366 e. The minimum Gasteiger partial charge on any atom is -0.366 e. The van der Waals surface area contributed by atoms with Gasteiger partial charge in [0.25, 0.3) is 5.69 Å². The van der Waals surface area contributed by atoms with Gasteiger partial charge in [0.15, 0.2) is 0 Å². The van der Waals surface area contributed by atoms with E-state index in [2.05, 4.69) is 25.5 Å². The Morgan fingerprint density at radius 2 is 1.80 bits per heavy atom. The van der Waals surface area contributed by atoms with Crippen molar-refractivity contribution in [2.45, 2.75) is 13.0 Å². The van der Waals surface area contributed by atoms with E-state index in [1.54, 1.807) is 12.1 Å². The molecule has 0 radical (unpaired) electrons. The average Bonchev–Trinajstić information content (AvgIpc) is 2.76. The van der Waals surface area contributed by atoms with E-state index in [0.29, 0.717) is 18.3 Å². The number of benzene rings is 2. The molecule has 0 saturated carbocycles. The third kappa shape index (κ3) is 6.25. The normalized spacial score (nSPS) is 10.8. The summed E-state index contributed by atoms with van der Waals surface area (Å²) >= 11 is 0. The van der Waals surface area contributed by atoms with E-state index in [9.17, 15) is 10.1 Å². The van der Waals surface area contributed by atoms with Crippen LogP contribution in [0.5, 0.6) is 0 Å². The molecule has 0 unspecified atom stereocenters. The molecule has 3 rings (SSSR count). The number of hydrogen-bond donors (Lipinski definition) is 2. The molecular formula is C22H26N6O2. The predicted octanol–water partition coefficient (Wildman–Crippen LogP) is 4.03. The van der Waals surface area contributed by atoms with E-state index in [4.69, 9.17) is 0 Å². The Morgan fingerprint density at radius 1 is 1.00 bits per heavy atom. The first-order valence-corrected chi connectivity index (χ1v) is 9.81. The lowest BCUT2D eigenvalue weighted by Crippen LogP contribution is -2.17. The minimum atomic E-state index is -0.391. The molecule has 30 heavy (non-hydrogen) atoms. The Labute approximate surface area is 176 Å². The van der Waals surface area contributed by atoms with Gasteiger partial charge in [0.05, 0.1) is 10.6 Å². The number of nitrogens with zero attached hydrogens (tertiary/aromatic N) is 4. The highest BCUT2D eigenvalue weighted by molar-refractivity contribution is 5.64. The van der Waals surface area contributed by atoms with Crippen LogP contribution in [0.25, 0.3) is 11.3 Å². The van der Waals surface area contributed by atoms with Crippen molar-refractivity contribution in [3.8, 4) is 11.3 Å². The van der Waals surface area contributed by atoms with Crippen molar-refractivity contribution in [1.82, 2.24) is 14.9 Å². The van der Waals surface area contributed by atoms with Gasteiger partial charge in [0.2, 0.25) is 5.95 Å². The molecule has 0 aliphatic heterocycles. The summed E-state index contributed by atoms with van der Waals surface area (Å²) < 4.78 is 0. The maximum atomic E-state index is 11.0. The Hall–Kier alpha value is -3.52. The summed E-state index contributed by atoms with van der Waals surface area (Å²) in [6.45, 7) is 2.16. The number of hydrogen-bond acceptors (Lipinski definition) is 7. The first kappa shape index (κ1) is 21.2. The molecule has 0 aliphatic carbocycles. The van der Waals surface area contributed by atoms with Gasteiger partial charge in [-0.05, 0) is 32.6 Å². The van der Waals surface area contributed by atoms with Crippen LogP contribution in [0.1, 0.15) is 12.0 Å². The monoisotopic (exact) mass is 406 g/mol. The second-order valence-electron chi connectivity index (χ2n) is 7.19. The first-order valence-electron chi connectivity index (χ1n) is 9.81. The second kappa shape index (κ2) is 10.3. The molecule has 156 valence electrons. The standard InChI is InChI=1S/C22H26N6O2/c1-27(2)13-7-12-23-22-25-20(18-9-4-3-5-10-18)15-21(26-22)24-16-17-8-6-11-19(14-17)28(29)30/h3-6,8-11,14-15H,7,12-13,16H2,1-2H3,(H2,23,24,25,26). The number of nitro groups is 1. The molecule has 0 saturated heterocycles. The number of nitrogens with one attached hydrogen (secondary N) is 2. The lowest BCUT2D eigenvalue weighted by molar-refractivity contribution is -0.384. The summed E-state index contributed by atoms with van der Waals surface area (Å²) in [5.41, 5.74) is 2.69. The van der Waals surface area contributed by atoms with Gasteiger partial charge in [0.1, 0.15) is 5.82 Å². The molecule has 0 fully saturated rings. The zero-order chi connectivity index (χ0) is 21.3. The third-order valence-corrected chi connectivity index (χ3v) is 4.46. The van der Waals surface area contributed by atoms with Crippen molar-refractivity contribution >= 4 is 17.5 Å². The number of anilines is 2. The maximum absolute atomic E-state index is 11.0. The molecule has 2 aromatic carbocycles. The molecule has 2 N–H and O–H groups in total. The van der Waals surface area contributed by atoms with Crippen LogP contribution >= 0.6 is 0 Å². The van der Waals surface area contributed by atoms with Gasteiger partial charge in [0, 0.05) is 36.9 Å². The second-order valence-corrected chi connectivity index (χ2v) is 7.19. The lowest BCUT2D eigenvalue weighted by atomic mass is 10.1. The SMILES string of the molecule is CN(C)CCCNc1nc(NCc2cccc([N+](=O)[O-])c2)cc(-c2ccccc2)n1. The number of non-ortho nitro benzene ring substituents is 1. The highest BCUT2D eigenvalue weighted by atomic mass is 16.6. The van der Waals surface area contributed by atoms with Crippen molar-refractivity contribution in [3.63, 3.8) is 0 Å². The predicted molar refractivity (Wildman–Crippen MR) is 120 cm³/mol. The first-order chi connectivity index (χ1) is 14.5. The summed E-state index contributed by atoms with van der Waals surface area (Å²) in [5.74, 6) is 1.21. The topological polar surface area (TPSA) is 96.2 Å². The molecule has 1 heterocycles. The highest BCUT2D eigenvalue weighted by Crippen LogP contribution is 2.22. The van der Waals surface area contributed by atoms with Crippen LogP contribution in [-0.2, 0) is 6.54 Å². The van der Waals surface area contributed by atoms with E-state index in [-0.39, 0.29) is 5.69 Å². The number of aromatic nitrogens is 2. The molecule has 3 aromatic rings. The van der Waals surface area contributed by atoms with Crippen molar-refractivity contribution in [2.24, 2.45) is 0 Å². The van der Waals surface area contributed by atoms with Gasteiger partial charge >= 0.3 is 0 Å². The number of rotatable bonds is 10. The molecule has 1 aromatic heterocycles. The van der Waals surface area contributed by atoms with E-state index in [1.807, 2.05) is 56.6 Å². The van der Waals surface area contributed by atoms with E-state index in [0.717, 1.165) is 36.3 Å². The quantitative estimate of drug-likeness (QED) is 0.298. The van der Waals surface area contributed by atoms with Crippen molar-refractivity contribution in [1.29, 1.82) is 0 Å². The molecule has 0 atom stereocenters. The van der Waals surface area contributed by atoms with Gasteiger partial charge in [-0.3, -0.25) is 10.1 Å². The van der Waals surface area contributed by atoms with Crippen LogP contribution in [0.4, 0.5) is 17.5 Å². The van der Waals surface area contributed by atoms with Gasteiger partial charge < -0.3 is 15.5 Å². The molecular weight excluding hydrogens is 380 g/mol. The van der Waals surface area contributed by atoms with Crippen molar-refractivity contribution in [2.75, 3.05) is 37.8 Å². The van der Waals surface area contributed by atoms with E-state index < -0.39 is 4.92 Å². The Morgan fingerprint density at radius 3 is 2.53 bits per heavy atom. The lowest BCUT2D eigenvalue weighted by Gasteiger charge is -2.13.